The molecule has 0 saturated carbocycles. The van der Waals surface area contributed by atoms with Crippen LogP contribution < -0.4 is 15.8 Å². The fourth-order valence-electron chi connectivity index (χ4n) is 3.31. The third kappa shape index (κ3) is 4.59. The zero-order valence-electron chi connectivity index (χ0n) is 18.1. The summed E-state index contributed by atoms with van der Waals surface area (Å²) in [5.74, 6) is 2.15. The van der Waals surface area contributed by atoms with Gasteiger partial charge >= 0.3 is 0 Å². The molecule has 170 valence electrons. The molecule has 0 fully saturated rings. The van der Waals surface area contributed by atoms with Crippen LogP contribution in [0, 0.1) is 0 Å². The van der Waals surface area contributed by atoms with E-state index in [9.17, 15) is 4.79 Å². The lowest BCUT2D eigenvalue weighted by Crippen LogP contribution is -2.14. The number of anilines is 2. The summed E-state index contributed by atoms with van der Waals surface area (Å²) < 4.78 is 7.62. The number of thiophene rings is 1. The van der Waals surface area contributed by atoms with E-state index in [-0.39, 0.29) is 11.7 Å². The molecule has 0 aliphatic rings. The van der Waals surface area contributed by atoms with Gasteiger partial charge in [-0.3, -0.25) is 4.79 Å². The summed E-state index contributed by atoms with van der Waals surface area (Å²) in [5, 5.41) is 13.0. The van der Waals surface area contributed by atoms with Crippen LogP contribution in [0.1, 0.15) is 0 Å². The van der Waals surface area contributed by atoms with E-state index in [1.807, 2.05) is 66.2 Å². The number of nitrogens with zero attached hydrogens (tertiary/aromatic N) is 4. The topological polar surface area (TPSA) is 108 Å². The van der Waals surface area contributed by atoms with Crippen molar-refractivity contribution in [1.29, 1.82) is 0 Å². The smallest absolute Gasteiger partial charge is 0.234 e. The van der Waals surface area contributed by atoms with E-state index < -0.39 is 0 Å². The van der Waals surface area contributed by atoms with Crippen LogP contribution in [0.2, 0.25) is 0 Å². The minimum atomic E-state index is -0.142. The number of nitrogens with two attached hydrogens (primary N) is 1. The zero-order chi connectivity index (χ0) is 23.5. The molecule has 0 aliphatic carbocycles. The van der Waals surface area contributed by atoms with Crippen molar-refractivity contribution in [3.8, 4) is 22.2 Å². The molecule has 5 rings (SSSR count). The summed E-state index contributed by atoms with van der Waals surface area (Å²) >= 11 is 2.78. The summed E-state index contributed by atoms with van der Waals surface area (Å²) in [6.07, 6.45) is 1.74. The molecule has 34 heavy (non-hydrogen) atoms. The van der Waals surface area contributed by atoms with Crippen molar-refractivity contribution >= 4 is 50.6 Å². The number of carbonyl (C=O) groups is 1. The number of nitrogen functional groups attached to an aromatic ring is 1. The number of carbonyl (C=O) groups excluding carboxylic acids is 1. The average molecular weight is 489 g/mol. The van der Waals surface area contributed by atoms with Crippen molar-refractivity contribution in [2.75, 3.05) is 16.8 Å². The van der Waals surface area contributed by atoms with Crippen LogP contribution in [-0.2, 0) is 11.8 Å². The van der Waals surface area contributed by atoms with Gasteiger partial charge in [0.15, 0.2) is 11.0 Å². The van der Waals surface area contributed by atoms with Gasteiger partial charge in [-0.2, -0.15) is 0 Å². The maximum atomic E-state index is 12.5. The number of hydrogen-bond acceptors (Lipinski definition) is 8. The number of rotatable bonds is 7. The molecule has 10 heteroatoms. The maximum Gasteiger partial charge on any atom is 0.234 e. The van der Waals surface area contributed by atoms with E-state index in [1.54, 1.807) is 18.3 Å². The molecule has 0 aliphatic heterocycles. The number of hydrogen-bond donors (Lipinski definition) is 2. The van der Waals surface area contributed by atoms with Crippen molar-refractivity contribution in [1.82, 2.24) is 19.7 Å². The van der Waals surface area contributed by atoms with Gasteiger partial charge in [-0.1, -0.05) is 30.0 Å². The van der Waals surface area contributed by atoms with E-state index in [2.05, 4.69) is 20.5 Å². The molecule has 3 N–H and O–H groups in total. The van der Waals surface area contributed by atoms with Crippen molar-refractivity contribution in [3.63, 3.8) is 0 Å². The number of ether oxygens (including phenoxy) is 1. The Morgan fingerprint density at radius 1 is 1.06 bits per heavy atom. The van der Waals surface area contributed by atoms with Gasteiger partial charge in [0.25, 0.3) is 0 Å². The Bertz CT molecular complexity index is 1450. The number of thioether (sulfide) groups is 1. The van der Waals surface area contributed by atoms with Gasteiger partial charge in [0.1, 0.15) is 16.3 Å². The number of benzene rings is 2. The van der Waals surface area contributed by atoms with Gasteiger partial charge in [0, 0.05) is 24.3 Å². The Hall–Kier alpha value is -3.89. The monoisotopic (exact) mass is 488 g/mol. The lowest BCUT2D eigenvalue weighted by molar-refractivity contribution is -0.113. The third-order valence-corrected chi connectivity index (χ3v) is 7.14. The molecule has 3 heterocycles. The molecule has 2 aromatic carbocycles. The van der Waals surface area contributed by atoms with Gasteiger partial charge in [-0.05, 0) is 48.5 Å². The second kappa shape index (κ2) is 9.54. The molecule has 3 aromatic heterocycles. The highest BCUT2D eigenvalue weighted by Gasteiger charge is 2.19. The maximum absolute atomic E-state index is 12.5. The molecular formula is C24H20N6O2S2. The summed E-state index contributed by atoms with van der Waals surface area (Å²) in [5.41, 5.74) is 7.65. The molecule has 0 bridgehead atoms. The van der Waals surface area contributed by atoms with Crippen LogP contribution in [0.25, 0.3) is 20.9 Å². The highest BCUT2D eigenvalue weighted by atomic mass is 32.2. The van der Waals surface area contributed by atoms with Crippen molar-refractivity contribution in [3.05, 3.63) is 72.9 Å². The van der Waals surface area contributed by atoms with E-state index >= 15 is 0 Å². The van der Waals surface area contributed by atoms with E-state index in [4.69, 9.17) is 10.5 Å². The molecular weight excluding hydrogens is 468 g/mol. The fourth-order valence-corrected chi connectivity index (χ4v) is 5.11. The number of nitrogens with one attached hydrogen (secondary N) is 1. The van der Waals surface area contributed by atoms with Crippen molar-refractivity contribution in [2.45, 2.75) is 5.16 Å². The quantitative estimate of drug-likeness (QED) is 0.303. The summed E-state index contributed by atoms with van der Waals surface area (Å²) in [7, 11) is 1.86. The molecule has 8 nitrogen and oxygen atoms in total. The first-order valence-corrected chi connectivity index (χ1v) is 12.2. The number of para-hydroxylation sites is 1. The van der Waals surface area contributed by atoms with Gasteiger partial charge in [-0.25, -0.2) is 4.98 Å². The zero-order valence-corrected chi connectivity index (χ0v) is 19.8. The van der Waals surface area contributed by atoms with Crippen LogP contribution in [0.5, 0.6) is 11.5 Å². The van der Waals surface area contributed by atoms with Gasteiger partial charge in [0.05, 0.1) is 16.3 Å². The average Bonchev–Trinajstić information content (AvgIpc) is 3.39. The van der Waals surface area contributed by atoms with E-state index in [1.165, 1.54) is 23.1 Å². The Balaban J connectivity index is 1.20. The van der Waals surface area contributed by atoms with Crippen molar-refractivity contribution < 1.29 is 9.53 Å². The number of pyridine rings is 1. The Labute approximate surface area is 203 Å². The first kappa shape index (κ1) is 21.9. The number of amides is 1. The Morgan fingerprint density at radius 3 is 2.59 bits per heavy atom. The second-order valence-corrected chi connectivity index (χ2v) is 9.28. The summed E-state index contributed by atoms with van der Waals surface area (Å²) in [4.78, 5) is 18.5. The Kier molecular flexibility index (Phi) is 6.15. The molecule has 0 unspecified atom stereocenters. The number of aromatic nitrogens is 4. The molecule has 0 saturated heterocycles. The summed E-state index contributed by atoms with van der Waals surface area (Å²) in [6.45, 7) is 0. The highest BCUT2D eigenvalue weighted by Crippen LogP contribution is 2.39. The van der Waals surface area contributed by atoms with Crippen LogP contribution in [0.15, 0.2) is 78.1 Å². The van der Waals surface area contributed by atoms with Crippen LogP contribution in [0.4, 0.5) is 11.4 Å². The Morgan fingerprint density at radius 2 is 1.82 bits per heavy atom. The van der Waals surface area contributed by atoms with Gasteiger partial charge in [-0.15, -0.1) is 21.5 Å². The van der Waals surface area contributed by atoms with Crippen LogP contribution in [-0.4, -0.2) is 31.4 Å². The van der Waals surface area contributed by atoms with Gasteiger partial charge < -0.3 is 20.4 Å². The lowest BCUT2D eigenvalue weighted by Gasteiger charge is -2.08. The van der Waals surface area contributed by atoms with Crippen molar-refractivity contribution in [2.24, 2.45) is 7.05 Å². The first-order chi connectivity index (χ1) is 16.6. The van der Waals surface area contributed by atoms with E-state index in [0.717, 1.165) is 20.8 Å². The molecule has 0 spiro atoms. The minimum absolute atomic E-state index is 0.142. The number of fused-ring (bicyclic) bond motifs is 1. The molecule has 0 atom stereocenters. The fraction of sp³-hybridized carbons (Fsp3) is 0.0833. The predicted octanol–water partition coefficient (Wildman–Crippen LogP) is 5.20. The van der Waals surface area contributed by atoms with Crippen LogP contribution >= 0.6 is 23.1 Å². The standard InChI is InChI=1S/C24H20N6O2S2/c1-30-22(21-20(25)18-8-5-13-26-23(18)34-21)28-29-24(30)33-14-19(31)27-15-9-11-17(12-10-15)32-16-6-3-2-4-7-16/h2-13H,14,25H2,1H3,(H,27,31). The molecule has 5 aromatic rings. The predicted molar refractivity (Wildman–Crippen MR) is 136 cm³/mol. The minimum Gasteiger partial charge on any atom is -0.457 e. The third-order valence-electron chi connectivity index (χ3n) is 4.99. The molecule has 1 amide bonds. The highest BCUT2D eigenvalue weighted by molar-refractivity contribution is 7.99. The molecule has 0 radical (unpaired) electrons. The first-order valence-electron chi connectivity index (χ1n) is 10.4. The second-order valence-electron chi connectivity index (χ2n) is 7.34. The summed E-state index contributed by atoms with van der Waals surface area (Å²) in [6, 6.07) is 20.6. The van der Waals surface area contributed by atoms with Crippen LogP contribution in [0.3, 0.4) is 0 Å². The van der Waals surface area contributed by atoms with E-state index in [0.29, 0.717) is 28.1 Å². The van der Waals surface area contributed by atoms with Gasteiger partial charge in [0.2, 0.25) is 5.91 Å². The SMILES string of the molecule is Cn1c(SCC(=O)Nc2ccc(Oc3ccccc3)cc2)nnc1-c1sc2ncccc2c1N. The largest absolute Gasteiger partial charge is 0.457 e. The lowest BCUT2D eigenvalue weighted by atomic mass is 10.2. The normalized spacial score (nSPS) is 11.0.